The van der Waals surface area contributed by atoms with Crippen molar-refractivity contribution >= 4 is 5.78 Å². The van der Waals surface area contributed by atoms with Crippen LogP contribution in [0.1, 0.15) is 29.6 Å². The number of methoxy groups -OCH3 is 1. The van der Waals surface area contributed by atoms with Crippen LogP contribution in [0.4, 0.5) is 0 Å². The van der Waals surface area contributed by atoms with Crippen LogP contribution in [0.2, 0.25) is 0 Å². The zero-order valence-corrected chi connectivity index (χ0v) is 11.4. The van der Waals surface area contributed by atoms with Crippen molar-refractivity contribution in [2.24, 2.45) is 11.1 Å². The lowest BCUT2D eigenvalue weighted by atomic mass is 9.64. The number of carbonyl (C=O) groups excluding carboxylic acids is 1. The van der Waals surface area contributed by atoms with Gasteiger partial charge in [-0.3, -0.25) is 4.79 Å². The number of hydrogen-bond donors (Lipinski definition) is 1. The fraction of sp³-hybridized carbons (Fsp3) is 0.533. The zero-order chi connectivity index (χ0) is 13.7. The van der Waals surface area contributed by atoms with Crippen molar-refractivity contribution < 1.29 is 14.3 Å². The van der Waals surface area contributed by atoms with Crippen molar-refractivity contribution in [2.75, 3.05) is 26.9 Å². The average molecular weight is 263 g/mol. The number of benzene rings is 1. The molecule has 1 fully saturated rings. The molecule has 0 aliphatic heterocycles. The molecule has 19 heavy (non-hydrogen) atoms. The van der Waals surface area contributed by atoms with E-state index in [4.69, 9.17) is 15.2 Å². The molecular formula is C15H21NO3. The third kappa shape index (κ3) is 2.80. The molecule has 2 N–H and O–H groups in total. The first-order valence-corrected chi connectivity index (χ1v) is 6.69. The van der Waals surface area contributed by atoms with E-state index in [9.17, 15) is 4.79 Å². The van der Waals surface area contributed by atoms with Crippen LogP contribution in [-0.2, 0) is 4.74 Å². The standard InChI is InChI=1S/C15H21NO3/c1-18-9-10-19-13-6-3-2-5-12(13)14(17)15(11-16)7-4-8-15/h2-3,5-6H,4,7-11,16H2,1H3. The Balaban J connectivity index is 2.16. The molecule has 4 heteroatoms. The third-order valence-electron chi connectivity index (χ3n) is 3.86. The maximum atomic E-state index is 12.6. The maximum Gasteiger partial charge on any atom is 0.173 e. The highest BCUT2D eigenvalue weighted by Crippen LogP contribution is 2.43. The third-order valence-corrected chi connectivity index (χ3v) is 3.86. The fourth-order valence-corrected chi connectivity index (χ4v) is 2.43. The summed E-state index contributed by atoms with van der Waals surface area (Å²) in [5.74, 6) is 0.749. The van der Waals surface area contributed by atoms with E-state index in [1.165, 1.54) is 0 Å². The number of ether oxygens (including phenoxy) is 2. The highest BCUT2D eigenvalue weighted by atomic mass is 16.5. The molecule has 1 aromatic carbocycles. The summed E-state index contributed by atoms with van der Waals surface area (Å²) in [7, 11) is 1.62. The van der Waals surface area contributed by atoms with Crippen LogP contribution in [0.5, 0.6) is 5.75 Å². The molecule has 0 heterocycles. The molecular weight excluding hydrogens is 242 g/mol. The van der Waals surface area contributed by atoms with Crippen LogP contribution in [0.15, 0.2) is 24.3 Å². The summed E-state index contributed by atoms with van der Waals surface area (Å²) in [5, 5.41) is 0. The van der Waals surface area contributed by atoms with Gasteiger partial charge < -0.3 is 15.2 Å². The van der Waals surface area contributed by atoms with Crippen LogP contribution in [-0.4, -0.2) is 32.7 Å². The van der Waals surface area contributed by atoms with Crippen molar-refractivity contribution in [3.63, 3.8) is 0 Å². The first-order valence-electron chi connectivity index (χ1n) is 6.69. The lowest BCUT2D eigenvalue weighted by molar-refractivity contribution is 0.0629. The van der Waals surface area contributed by atoms with Gasteiger partial charge in [-0.05, 0) is 25.0 Å². The number of para-hydroxylation sites is 1. The van der Waals surface area contributed by atoms with Gasteiger partial charge in [0.1, 0.15) is 12.4 Å². The number of nitrogens with two attached hydrogens (primary N) is 1. The summed E-state index contributed by atoms with van der Waals surface area (Å²) in [6.07, 6.45) is 2.85. The summed E-state index contributed by atoms with van der Waals surface area (Å²) in [5.41, 5.74) is 6.08. The average Bonchev–Trinajstić information content (AvgIpc) is 2.39. The summed E-state index contributed by atoms with van der Waals surface area (Å²) in [6, 6.07) is 7.38. The summed E-state index contributed by atoms with van der Waals surface area (Å²) in [4.78, 5) is 12.6. The van der Waals surface area contributed by atoms with Gasteiger partial charge in [0.05, 0.1) is 12.2 Å². The van der Waals surface area contributed by atoms with E-state index < -0.39 is 0 Å². The lowest BCUT2D eigenvalue weighted by Crippen LogP contribution is -2.44. The molecule has 0 atom stereocenters. The number of carbonyl (C=O) groups is 1. The van der Waals surface area contributed by atoms with Crippen molar-refractivity contribution in [3.8, 4) is 5.75 Å². The van der Waals surface area contributed by atoms with Gasteiger partial charge in [0.2, 0.25) is 0 Å². The second-order valence-corrected chi connectivity index (χ2v) is 5.00. The van der Waals surface area contributed by atoms with Gasteiger partial charge in [-0.15, -0.1) is 0 Å². The van der Waals surface area contributed by atoms with Crippen molar-refractivity contribution in [1.82, 2.24) is 0 Å². The van der Waals surface area contributed by atoms with E-state index in [1.54, 1.807) is 7.11 Å². The van der Waals surface area contributed by atoms with Gasteiger partial charge in [-0.2, -0.15) is 0 Å². The molecule has 0 saturated heterocycles. The first-order chi connectivity index (χ1) is 9.23. The minimum atomic E-state index is -0.360. The number of rotatable bonds is 7. The monoisotopic (exact) mass is 263 g/mol. The van der Waals surface area contributed by atoms with E-state index in [1.807, 2.05) is 24.3 Å². The van der Waals surface area contributed by atoms with Crippen molar-refractivity contribution in [2.45, 2.75) is 19.3 Å². The van der Waals surface area contributed by atoms with Crippen molar-refractivity contribution in [3.05, 3.63) is 29.8 Å². The van der Waals surface area contributed by atoms with Gasteiger partial charge in [-0.25, -0.2) is 0 Å². The van der Waals surface area contributed by atoms with Crippen LogP contribution in [0.25, 0.3) is 0 Å². The van der Waals surface area contributed by atoms with E-state index >= 15 is 0 Å². The Morgan fingerprint density at radius 1 is 1.32 bits per heavy atom. The predicted octanol–water partition coefficient (Wildman–Crippen LogP) is 2.02. The molecule has 1 saturated carbocycles. The minimum absolute atomic E-state index is 0.120. The maximum absolute atomic E-state index is 12.6. The van der Waals surface area contributed by atoms with Gasteiger partial charge >= 0.3 is 0 Å². The first kappa shape index (κ1) is 14.0. The van der Waals surface area contributed by atoms with E-state index in [2.05, 4.69) is 0 Å². The lowest BCUT2D eigenvalue weighted by Gasteiger charge is -2.39. The molecule has 1 aromatic rings. The molecule has 0 unspecified atom stereocenters. The highest BCUT2D eigenvalue weighted by Gasteiger charge is 2.43. The number of Topliss-reactive ketones (excluding diaryl/α,β-unsaturated/α-hetero) is 1. The quantitative estimate of drug-likeness (QED) is 0.604. The predicted molar refractivity (Wildman–Crippen MR) is 73.5 cm³/mol. The Bertz CT molecular complexity index is 435. The smallest absolute Gasteiger partial charge is 0.173 e. The normalized spacial score (nSPS) is 16.7. The molecule has 104 valence electrons. The van der Waals surface area contributed by atoms with Crippen molar-refractivity contribution in [1.29, 1.82) is 0 Å². The second-order valence-electron chi connectivity index (χ2n) is 5.00. The van der Waals surface area contributed by atoms with Crippen LogP contribution >= 0.6 is 0 Å². The Labute approximate surface area is 113 Å². The molecule has 0 radical (unpaired) electrons. The zero-order valence-electron chi connectivity index (χ0n) is 11.4. The summed E-state index contributed by atoms with van der Waals surface area (Å²) >= 11 is 0. The summed E-state index contributed by atoms with van der Waals surface area (Å²) in [6.45, 7) is 1.36. The SMILES string of the molecule is COCCOc1ccccc1C(=O)C1(CN)CCC1. The molecule has 4 nitrogen and oxygen atoms in total. The Morgan fingerprint density at radius 3 is 2.63 bits per heavy atom. The van der Waals surface area contributed by atoms with E-state index in [0.29, 0.717) is 31.1 Å². The Kier molecular flexibility index (Phi) is 4.56. The van der Waals surface area contributed by atoms with Gasteiger partial charge in [-0.1, -0.05) is 18.6 Å². The molecule has 2 rings (SSSR count). The highest BCUT2D eigenvalue weighted by molar-refractivity contribution is 6.03. The fourth-order valence-electron chi connectivity index (χ4n) is 2.43. The van der Waals surface area contributed by atoms with Gasteiger partial charge in [0.15, 0.2) is 5.78 Å². The molecule has 0 aromatic heterocycles. The van der Waals surface area contributed by atoms with Gasteiger partial charge in [0, 0.05) is 19.1 Å². The molecule has 0 spiro atoms. The Morgan fingerprint density at radius 2 is 2.05 bits per heavy atom. The van der Waals surface area contributed by atoms with Crippen LogP contribution in [0.3, 0.4) is 0 Å². The Hall–Kier alpha value is -1.39. The molecule has 1 aliphatic rings. The molecule has 1 aliphatic carbocycles. The molecule has 0 amide bonds. The minimum Gasteiger partial charge on any atom is -0.490 e. The molecule has 0 bridgehead atoms. The topological polar surface area (TPSA) is 61.5 Å². The number of hydrogen-bond acceptors (Lipinski definition) is 4. The van der Waals surface area contributed by atoms with Crippen LogP contribution < -0.4 is 10.5 Å². The van der Waals surface area contributed by atoms with Gasteiger partial charge in [0.25, 0.3) is 0 Å². The van der Waals surface area contributed by atoms with Crippen LogP contribution in [0, 0.1) is 5.41 Å². The van der Waals surface area contributed by atoms with E-state index in [-0.39, 0.29) is 11.2 Å². The number of ketones is 1. The summed E-state index contributed by atoms with van der Waals surface area (Å²) < 4.78 is 10.6. The largest absolute Gasteiger partial charge is 0.490 e. The van der Waals surface area contributed by atoms with E-state index in [0.717, 1.165) is 19.3 Å². The second kappa shape index (κ2) is 6.17.